The van der Waals surface area contributed by atoms with E-state index in [0.717, 1.165) is 12.1 Å². The molecule has 3 rings (SSSR count). The van der Waals surface area contributed by atoms with Gasteiger partial charge in [-0.05, 0) is 24.3 Å². The van der Waals surface area contributed by atoms with Gasteiger partial charge in [-0.15, -0.1) is 0 Å². The fourth-order valence-electron chi connectivity index (χ4n) is 2.14. The number of imide groups is 1. The van der Waals surface area contributed by atoms with E-state index in [2.05, 4.69) is 0 Å². The highest BCUT2D eigenvalue weighted by Gasteiger charge is 2.39. The molecule has 2 aromatic rings. The first-order valence-electron chi connectivity index (χ1n) is 5.63. The third-order valence-corrected chi connectivity index (χ3v) is 3.22. The summed E-state index contributed by atoms with van der Waals surface area (Å²) < 4.78 is 27.7. The van der Waals surface area contributed by atoms with Crippen LogP contribution < -0.4 is 4.90 Å². The van der Waals surface area contributed by atoms with Crippen LogP contribution in [0.2, 0.25) is 5.02 Å². The van der Waals surface area contributed by atoms with Crippen molar-refractivity contribution in [1.29, 1.82) is 0 Å². The van der Waals surface area contributed by atoms with Crippen LogP contribution in [0.5, 0.6) is 0 Å². The zero-order valence-electron chi connectivity index (χ0n) is 9.86. The maximum atomic E-state index is 13.9. The summed E-state index contributed by atoms with van der Waals surface area (Å²) in [5.41, 5.74) is -0.474. The molecule has 3 nitrogen and oxygen atoms in total. The van der Waals surface area contributed by atoms with Gasteiger partial charge in [-0.25, -0.2) is 13.7 Å². The Morgan fingerprint density at radius 1 is 0.900 bits per heavy atom. The molecule has 20 heavy (non-hydrogen) atoms. The second kappa shape index (κ2) is 4.38. The van der Waals surface area contributed by atoms with E-state index in [4.69, 9.17) is 11.6 Å². The number of hydrogen-bond donors (Lipinski definition) is 0. The SMILES string of the molecule is O=C1c2ccccc2C(=O)N1c1c(F)cc(Cl)cc1F. The predicted octanol–water partition coefficient (Wildman–Crippen LogP) is 3.42. The number of amides is 2. The quantitative estimate of drug-likeness (QED) is 0.756. The van der Waals surface area contributed by atoms with Crippen molar-refractivity contribution < 1.29 is 18.4 Å². The molecule has 0 fully saturated rings. The molecular formula is C14H6ClF2NO2. The number of hydrogen-bond acceptors (Lipinski definition) is 2. The molecule has 100 valence electrons. The van der Waals surface area contributed by atoms with Crippen molar-refractivity contribution in [3.05, 3.63) is 64.2 Å². The van der Waals surface area contributed by atoms with Crippen molar-refractivity contribution in [3.63, 3.8) is 0 Å². The van der Waals surface area contributed by atoms with Crippen LogP contribution in [0.25, 0.3) is 0 Å². The molecule has 0 spiro atoms. The molecule has 0 bridgehead atoms. The molecule has 2 amide bonds. The van der Waals surface area contributed by atoms with Crippen LogP contribution in [0, 0.1) is 11.6 Å². The van der Waals surface area contributed by atoms with Gasteiger partial charge in [-0.3, -0.25) is 9.59 Å². The minimum Gasteiger partial charge on any atom is -0.268 e. The first-order valence-corrected chi connectivity index (χ1v) is 6.01. The first kappa shape index (κ1) is 12.7. The lowest BCUT2D eigenvalue weighted by molar-refractivity contribution is 0.0923. The van der Waals surface area contributed by atoms with Gasteiger partial charge < -0.3 is 0 Å². The molecule has 2 aromatic carbocycles. The molecule has 0 N–H and O–H groups in total. The van der Waals surface area contributed by atoms with E-state index in [1.165, 1.54) is 12.1 Å². The van der Waals surface area contributed by atoms with E-state index in [-0.39, 0.29) is 16.1 Å². The number of benzene rings is 2. The minimum absolute atomic E-state index is 0.117. The Morgan fingerprint density at radius 2 is 1.35 bits per heavy atom. The molecule has 0 saturated carbocycles. The van der Waals surface area contributed by atoms with Gasteiger partial charge in [0.05, 0.1) is 11.1 Å². The van der Waals surface area contributed by atoms with Gasteiger partial charge in [-0.2, -0.15) is 0 Å². The highest BCUT2D eigenvalue weighted by molar-refractivity contribution is 6.35. The summed E-state index contributed by atoms with van der Waals surface area (Å²) in [6.07, 6.45) is 0. The number of anilines is 1. The molecule has 0 aliphatic carbocycles. The van der Waals surface area contributed by atoms with Crippen LogP contribution in [0.1, 0.15) is 20.7 Å². The Balaban J connectivity index is 2.19. The maximum absolute atomic E-state index is 13.9. The first-order chi connectivity index (χ1) is 9.50. The molecule has 0 saturated heterocycles. The normalized spacial score (nSPS) is 13.8. The number of carbonyl (C=O) groups excluding carboxylic acids is 2. The fraction of sp³-hybridized carbons (Fsp3) is 0. The molecule has 1 aliphatic heterocycles. The van der Waals surface area contributed by atoms with Crippen molar-refractivity contribution in [2.24, 2.45) is 0 Å². The van der Waals surface area contributed by atoms with Crippen LogP contribution in [0.3, 0.4) is 0 Å². The molecule has 0 unspecified atom stereocenters. The van der Waals surface area contributed by atoms with Gasteiger partial charge in [0.25, 0.3) is 11.8 Å². The summed E-state index contributed by atoms with van der Waals surface area (Å²) in [6.45, 7) is 0. The molecule has 1 heterocycles. The highest BCUT2D eigenvalue weighted by atomic mass is 35.5. The molecule has 0 aromatic heterocycles. The standard InChI is InChI=1S/C14H6ClF2NO2/c15-7-5-10(16)12(11(17)6-7)18-13(19)8-3-1-2-4-9(8)14(18)20/h1-6H. The monoisotopic (exact) mass is 293 g/mol. The summed E-state index contributed by atoms with van der Waals surface area (Å²) >= 11 is 5.52. The minimum atomic E-state index is -1.07. The van der Waals surface area contributed by atoms with Crippen molar-refractivity contribution in [2.45, 2.75) is 0 Å². The maximum Gasteiger partial charge on any atom is 0.266 e. The molecule has 1 aliphatic rings. The lowest BCUT2D eigenvalue weighted by atomic mass is 10.1. The smallest absolute Gasteiger partial charge is 0.266 e. The highest BCUT2D eigenvalue weighted by Crippen LogP contribution is 2.33. The number of nitrogens with zero attached hydrogens (tertiary/aromatic N) is 1. The van der Waals surface area contributed by atoms with E-state index in [9.17, 15) is 18.4 Å². The zero-order chi connectivity index (χ0) is 14.4. The predicted molar refractivity (Wildman–Crippen MR) is 69.0 cm³/mol. The van der Waals surface area contributed by atoms with E-state index >= 15 is 0 Å². The number of fused-ring (bicyclic) bond motifs is 1. The van der Waals surface area contributed by atoms with E-state index in [0.29, 0.717) is 4.90 Å². The Labute approximate surface area is 117 Å². The van der Waals surface area contributed by atoms with Crippen LogP contribution in [-0.4, -0.2) is 11.8 Å². The Bertz CT molecular complexity index is 703. The van der Waals surface area contributed by atoms with Crippen LogP contribution in [0.15, 0.2) is 36.4 Å². The van der Waals surface area contributed by atoms with E-state index in [1.54, 1.807) is 12.1 Å². The molecule has 6 heteroatoms. The Kier molecular flexibility index (Phi) is 2.79. The summed E-state index contributed by atoms with van der Waals surface area (Å²) in [5.74, 6) is -3.65. The largest absolute Gasteiger partial charge is 0.268 e. The van der Waals surface area contributed by atoms with Crippen molar-refractivity contribution in [2.75, 3.05) is 4.90 Å². The van der Waals surface area contributed by atoms with Crippen LogP contribution in [-0.2, 0) is 0 Å². The van der Waals surface area contributed by atoms with Crippen molar-refractivity contribution in [3.8, 4) is 0 Å². The second-order valence-corrected chi connectivity index (χ2v) is 4.65. The number of carbonyl (C=O) groups is 2. The van der Waals surface area contributed by atoms with Gasteiger partial charge in [0.2, 0.25) is 0 Å². The lowest BCUT2D eigenvalue weighted by Gasteiger charge is -2.15. The number of halogens is 3. The van der Waals surface area contributed by atoms with Gasteiger partial charge in [0.15, 0.2) is 11.6 Å². The summed E-state index contributed by atoms with van der Waals surface area (Å²) in [6, 6.07) is 7.71. The van der Waals surface area contributed by atoms with E-state index < -0.39 is 29.1 Å². The van der Waals surface area contributed by atoms with Gasteiger partial charge in [0.1, 0.15) is 5.69 Å². The van der Waals surface area contributed by atoms with Crippen LogP contribution >= 0.6 is 11.6 Å². The summed E-state index contributed by atoms with van der Waals surface area (Å²) in [5, 5.41) is -0.152. The Morgan fingerprint density at radius 3 is 1.80 bits per heavy atom. The zero-order valence-corrected chi connectivity index (χ0v) is 10.6. The third kappa shape index (κ3) is 1.71. The fourth-order valence-corrected chi connectivity index (χ4v) is 2.33. The average molecular weight is 294 g/mol. The molecule has 0 atom stereocenters. The lowest BCUT2D eigenvalue weighted by Crippen LogP contribution is -2.31. The number of rotatable bonds is 1. The summed E-state index contributed by atoms with van der Waals surface area (Å²) in [7, 11) is 0. The van der Waals surface area contributed by atoms with Gasteiger partial charge >= 0.3 is 0 Å². The Hall–Kier alpha value is -2.27. The van der Waals surface area contributed by atoms with Gasteiger partial charge in [-0.1, -0.05) is 23.7 Å². The average Bonchev–Trinajstić information content (AvgIpc) is 2.64. The van der Waals surface area contributed by atoms with Gasteiger partial charge in [0, 0.05) is 5.02 Å². The van der Waals surface area contributed by atoms with Crippen molar-refractivity contribution >= 4 is 29.1 Å². The third-order valence-electron chi connectivity index (χ3n) is 3.00. The second-order valence-electron chi connectivity index (χ2n) is 4.21. The summed E-state index contributed by atoms with van der Waals surface area (Å²) in [4.78, 5) is 24.8. The van der Waals surface area contributed by atoms with E-state index in [1.807, 2.05) is 0 Å². The van der Waals surface area contributed by atoms with Crippen LogP contribution in [0.4, 0.5) is 14.5 Å². The molecular weight excluding hydrogens is 288 g/mol. The molecule has 0 radical (unpaired) electrons. The van der Waals surface area contributed by atoms with Crippen molar-refractivity contribution in [1.82, 2.24) is 0 Å². The topological polar surface area (TPSA) is 37.4 Å².